The van der Waals surface area contributed by atoms with Gasteiger partial charge in [-0.1, -0.05) is 20.3 Å². The highest BCUT2D eigenvalue weighted by atomic mass is 16.7. The molecule has 2 atom stereocenters. The molecule has 0 saturated heterocycles. The van der Waals surface area contributed by atoms with Crippen LogP contribution >= 0.6 is 0 Å². The van der Waals surface area contributed by atoms with Crippen molar-refractivity contribution in [3.63, 3.8) is 0 Å². The van der Waals surface area contributed by atoms with E-state index in [9.17, 15) is 0 Å². The minimum atomic E-state index is -0.192. The SMILES string of the molecule is [CH2]CCC(C)COCOC(C)OC. The second-order valence-corrected chi connectivity index (χ2v) is 3.21. The van der Waals surface area contributed by atoms with Crippen LogP contribution in [-0.4, -0.2) is 26.8 Å². The predicted molar refractivity (Wildman–Crippen MR) is 52.1 cm³/mol. The minimum absolute atomic E-state index is 0.192. The van der Waals surface area contributed by atoms with E-state index in [1.807, 2.05) is 6.92 Å². The maximum Gasteiger partial charge on any atom is 0.157 e. The molecule has 0 saturated carbocycles. The fraction of sp³-hybridized carbons (Fsp3) is 0.900. The van der Waals surface area contributed by atoms with E-state index in [0.29, 0.717) is 12.7 Å². The molecule has 0 aliphatic carbocycles. The van der Waals surface area contributed by atoms with Crippen LogP contribution in [0.3, 0.4) is 0 Å². The maximum atomic E-state index is 5.29. The average molecular weight is 189 g/mol. The second kappa shape index (κ2) is 8.48. The first-order valence-electron chi connectivity index (χ1n) is 4.72. The molecule has 0 bridgehead atoms. The van der Waals surface area contributed by atoms with Crippen LogP contribution in [0, 0.1) is 12.8 Å². The Balaban J connectivity index is 3.15. The molecule has 0 amide bonds. The summed E-state index contributed by atoms with van der Waals surface area (Å²) in [4.78, 5) is 0. The number of methoxy groups -OCH3 is 1. The first-order chi connectivity index (χ1) is 6.20. The lowest BCUT2D eigenvalue weighted by Gasteiger charge is -2.13. The number of hydrogen-bond acceptors (Lipinski definition) is 3. The number of hydrogen-bond donors (Lipinski definition) is 0. The summed E-state index contributed by atoms with van der Waals surface area (Å²) in [7, 11) is 1.61. The Morgan fingerprint density at radius 2 is 2.00 bits per heavy atom. The molecule has 0 aliphatic rings. The van der Waals surface area contributed by atoms with E-state index in [0.717, 1.165) is 19.4 Å². The Hall–Kier alpha value is -0.120. The molecule has 13 heavy (non-hydrogen) atoms. The highest BCUT2D eigenvalue weighted by Gasteiger charge is 2.01. The van der Waals surface area contributed by atoms with Gasteiger partial charge in [0.1, 0.15) is 6.79 Å². The van der Waals surface area contributed by atoms with Crippen LogP contribution in [0.25, 0.3) is 0 Å². The van der Waals surface area contributed by atoms with Gasteiger partial charge in [-0.15, -0.1) is 0 Å². The molecular formula is C10H21O3. The lowest BCUT2D eigenvalue weighted by atomic mass is 10.1. The third-order valence-corrected chi connectivity index (χ3v) is 1.82. The van der Waals surface area contributed by atoms with E-state index >= 15 is 0 Å². The Morgan fingerprint density at radius 3 is 2.54 bits per heavy atom. The summed E-state index contributed by atoms with van der Waals surface area (Å²) in [6.45, 7) is 8.80. The molecule has 0 N–H and O–H groups in total. The van der Waals surface area contributed by atoms with E-state index in [4.69, 9.17) is 14.2 Å². The molecule has 0 heterocycles. The lowest BCUT2D eigenvalue weighted by molar-refractivity contribution is -0.177. The largest absolute Gasteiger partial charge is 0.356 e. The molecule has 0 aromatic heterocycles. The highest BCUT2D eigenvalue weighted by molar-refractivity contribution is 4.51. The van der Waals surface area contributed by atoms with Crippen molar-refractivity contribution < 1.29 is 14.2 Å². The molecule has 1 radical (unpaired) electrons. The zero-order valence-electron chi connectivity index (χ0n) is 8.91. The summed E-state index contributed by atoms with van der Waals surface area (Å²) in [5, 5.41) is 0. The van der Waals surface area contributed by atoms with Crippen molar-refractivity contribution >= 4 is 0 Å². The van der Waals surface area contributed by atoms with E-state index in [1.165, 1.54) is 0 Å². The molecule has 0 spiro atoms. The normalized spacial score (nSPS) is 15.7. The van der Waals surface area contributed by atoms with Crippen molar-refractivity contribution in [3.8, 4) is 0 Å². The van der Waals surface area contributed by atoms with Crippen LogP contribution in [0.1, 0.15) is 26.7 Å². The summed E-state index contributed by atoms with van der Waals surface area (Å²) in [6, 6.07) is 0. The van der Waals surface area contributed by atoms with Crippen molar-refractivity contribution in [1.82, 2.24) is 0 Å². The standard InChI is InChI=1S/C10H21O3/c1-5-6-9(2)7-12-8-13-10(3)11-4/h9-10H,1,5-8H2,2-4H3. The van der Waals surface area contributed by atoms with Crippen LogP contribution in [0.5, 0.6) is 0 Å². The summed E-state index contributed by atoms with van der Waals surface area (Å²) < 4.78 is 15.3. The monoisotopic (exact) mass is 189 g/mol. The third kappa shape index (κ3) is 8.22. The number of ether oxygens (including phenoxy) is 3. The molecule has 2 unspecified atom stereocenters. The van der Waals surface area contributed by atoms with Crippen molar-refractivity contribution in [1.29, 1.82) is 0 Å². The zero-order chi connectivity index (χ0) is 10.1. The molecule has 3 nitrogen and oxygen atoms in total. The van der Waals surface area contributed by atoms with Gasteiger partial charge in [0.25, 0.3) is 0 Å². The molecule has 0 aromatic rings. The smallest absolute Gasteiger partial charge is 0.157 e. The molecular weight excluding hydrogens is 168 g/mol. The molecule has 79 valence electrons. The topological polar surface area (TPSA) is 27.7 Å². The average Bonchev–Trinajstić information content (AvgIpc) is 2.12. The Labute approximate surface area is 81.4 Å². The number of rotatable bonds is 8. The van der Waals surface area contributed by atoms with Gasteiger partial charge in [-0.2, -0.15) is 0 Å². The first-order valence-corrected chi connectivity index (χ1v) is 4.72. The summed E-state index contributed by atoms with van der Waals surface area (Å²) in [6.07, 6.45) is 1.86. The second-order valence-electron chi connectivity index (χ2n) is 3.21. The van der Waals surface area contributed by atoms with Crippen LogP contribution in [0.2, 0.25) is 0 Å². The van der Waals surface area contributed by atoms with Gasteiger partial charge in [-0.3, -0.25) is 0 Å². The molecule has 3 heteroatoms. The van der Waals surface area contributed by atoms with Crippen LogP contribution < -0.4 is 0 Å². The van der Waals surface area contributed by atoms with Gasteiger partial charge >= 0.3 is 0 Å². The zero-order valence-corrected chi connectivity index (χ0v) is 8.91. The van der Waals surface area contributed by atoms with Gasteiger partial charge in [0, 0.05) is 7.11 Å². The van der Waals surface area contributed by atoms with E-state index in [2.05, 4.69) is 13.8 Å². The van der Waals surface area contributed by atoms with Gasteiger partial charge < -0.3 is 14.2 Å². The molecule has 0 aliphatic heterocycles. The van der Waals surface area contributed by atoms with E-state index in [-0.39, 0.29) is 6.29 Å². The fourth-order valence-electron chi connectivity index (χ4n) is 0.893. The molecule has 0 aromatic carbocycles. The van der Waals surface area contributed by atoms with E-state index < -0.39 is 0 Å². The quantitative estimate of drug-likeness (QED) is 0.433. The first kappa shape index (κ1) is 12.9. The van der Waals surface area contributed by atoms with Crippen molar-refractivity contribution in [2.75, 3.05) is 20.5 Å². The van der Waals surface area contributed by atoms with Gasteiger partial charge in [-0.05, 0) is 19.3 Å². The summed E-state index contributed by atoms with van der Waals surface area (Å²) in [5.41, 5.74) is 0. The Bertz CT molecular complexity index is 106. The Morgan fingerprint density at radius 1 is 1.31 bits per heavy atom. The van der Waals surface area contributed by atoms with Gasteiger partial charge in [0.15, 0.2) is 6.29 Å². The summed E-state index contributed by atoms with van der Waals surface area (Å²) in [5.74, 6) is 0.555. The van der Waals surface area contributed by atoms with Crippen molar-refractivity contribution in [2.24, 2.45) is 5.92 Å². The predicted octanol–water partition coefficient (Wildman–Crippen LogP) is 2.22. The summed E-state index contributed by atoms with van der Waals surface area (Å²) >= 11 is 0. The van der Waals surface area contributed by atoms with Crippen LogP contribution in [0.15, 0.2) is 0 Å². The van der Waals surface area contributed by atoms with Gasteiger partial charge in [0.2, 0.25) is 0 Å². The minimum Gasteiger partial charge on any atom is -0.356 e. The van der Waals surface area contributed by atoms with Crippen molar-refractivity contribution in [3.05, 3.63) is 6.92 Å². The van der Waals surface area contributed by atoms with E-state index in [1.54, 1.807) is 7.11 Å². The molecule has 0 rings (SSSR count). The third-order valence-electron chi connectivity index (χ3n) is 1.82. The lowest BCUT2D eigenvalue weighted by Crippen LogP contribution is -2.15. The van der Waals surface area contributed by atoms with Gasteiger partial charge in [0.05, 0.1) is 6.61 Å². The Kier molecular flexibility index (Phi) is 8.40. The van der Waals surface area contributed by atoms with Crippen LogP contribution in [-0.2, 0) is 14.2 Å². The maximum absolute atomic E-state index is 5.29. The molecule has 0 fully saturated rings. The van der Waals surface area contributed by atoms with Crippen molar-refractivity contribution in [2.45, 2.75) is 33.0 Å². The van der Waals surface area contributed by atoms with Crippen LogP contribution in [0.4, 0.5) is 0 Å². The van der Waals surface area contributed by atoms with Gasteiger partial charge in [-0.25, -0.2) is 0 Å². The highest BCUT2D eigenvalue weighted by Crippen LogP contribution is 2.04. The fourth-order valence-corrected chi connectivity index (χ4v) is 0.893.